The number of aromatic nitrogens is 1. The fraction of sp³-hybridized carbons (Fsp3) is 0.0800. The zero-order valence-corrected chi connectivity index (χ0v) is 14.6. The molecule has 0 radical (unpaired) electrons. The molecule has 1 heteroatoms. The maximum atomic E-state index is 4.55. The standard InChI is InChI=1S/C25H21N/c1-4-10-20(11-5-1)16-21-17-24(19-26-18-21)25(22-12-6-2-7-13-22)23-14-8-3-9-15-23/h1-15,17-19,25H,16H2. The van der Waals surface area contributed by atoms with Gasteiger partial charge >= 0.3 is 0 Å². The lowest BCUT2D eigenvalue weighted by molar-refractivity contribution is 0.952. The van der Waals surface area contributed by atoms with E-state index in [9.17, 15) is 0 Å². The van der Waals surface area contributed by atoms with Crippen molar-refractivity contribution in [2.75, 3.05) is 0 Å². The van der Waals surface area contributed by atoms with E-state index in [0.717, 1.165) is 6.42 Å². The first-order valence-electron chi connectivity index (χ1n) is 8.98. The van der Waals surface area contributed by atoms with E-state index in [1.165, 1.54) is 27.8 Å². The molecule has 0 atom stereocenters. The van der Waals surface area contributed by atoms with E-state index in [2.05, 4.69) is 102 Å². The molecule has 0 saturated heterocycles. The fourth-order valence-electron chi connectivity index (χ4n) is 3.46. The highest BCUT2D eigenvalue weighted by molar-refractivity contribution is 5.43. The first-order valence-corrected chi connectivity index (χ1v) is 8.98. The highest BCUT2D eigenvalue weighted by Crippen LogP contribution is 2.31. The van der Waals surface area contributed by atoms with Gasteiger partial charge in [-0.05, 0) is 34.2 Å². The summed E-state index contributed by atoms with van der Waals surface area (Å²) >= 11 is 0. The lowest BCUT2D eigenvalue weighted by Crippen LogP contribution is -2.05. The first kappa shape index (κ1) is 16.3. The van der Waals surface area contributed by atoms with Gasteiger partial charge in [0.2, 0.25) is 0 Å². The maximum absolute atomic E-state index is 4.55. The third-order valence-corrected chi connectivity index (χ3v) is 4.67. The van der Waals surface area contributed by atoms with Crippen LogP contribution >= 0.6 is 0 Å². The van der Waals surface area contributed by atoms with E-state index in [1.807, 2.05) is 12.4 Å². The van der Waals surface area contributed by atoms with Gasteiger partial charge in [0.1, 0.15) is 0 Å². The average Bonchev–Trinajstić information content (AvgIpc) is 2.71. The number of hydrogen-bond acceptors (Lipinski definition) is 1. The van der Waals surface area contributed by atoms with Crippen LogP contribution in [0.2, 0.25) is 0 Å². The van der Waals surface area contributed by atoms with E-state index < -0.39 is 0 Å². The Balaban J connectivity index is 1.73. The summed E-state index contributed by atoms with van der Waals surface area (Å²) in [4.78, 5) is 4.55. The minimum Gasteiger partial charge on any atom is -0.264 e. The van der Waals surface area contributed by atoms with Gasteiger partial charge in [0.25, 0.3) is 0 Å². The monoisotopic (exact) mass is 335 g/mol. The van der Waals surface area contributed by atoms with Crippen molar-refractivity contribution in [3.05, 3.63) is 137 Å². The molecule has 126 valence electrons. The van der Waals surface area contributed by atoms with Crippen molar-refractivity contribution in [3.63, 3.8) is 0 Å². The largest absolute Gasteiger partial charge is 0.264 e. The highest BCUT2D eigenvalue weighted by atomic mass is 14.6. The van der Waals surface area contributed by atoms with E-state index >= 15 is 0 Å². The molecule has 1 aromatic heterocycles. The molecule has 0 unspecified atom stereocenters. The minimum atomic E-state index is 0.195. The molecule has 0 aliphatic rings. The smallest absolute Gasteiger partial charge is 0.0355 e. The summed E-state index contributed by atoms with van der Waals surface area (Å²) in [6.45, 7) is 0. The summed E-state index contributed by atoms with van der Waals surface area (Å²) in [6, 6.07) is 34.2. The number of pyridine rings is 1. The van der Waals surface area contributed by atoms with E-state index in [1.54, 1.807) is 0 Å². The van der Waals surface area contributed by atoms with Gasteiger partial charge < -0.3 is 0 Å². The van der Waals surface area contributed by atoms with E-state index in [0.29, 0.717) is 0 Å². The lowest BCUT2D eigenvalue weighted by Gasteiger charge is -2.19. The Bertz CT molecular complexity index is 907. The van der Waals surface area contributed by atoms with Gasteiger partial charge in [-0.25, -0.2) is 0 Å². The Morgan fingerprint density at radius 1 is 0.538 bits per heavy atom. The van der Waals surface area contributed by atoms with Crippen molar-refractivity contribution >= 4 is 0 Å². The van der Waals surface area contributed by atoms with E-state index in [-0.39, 0.29) is 5.92 Å². The molecular formula is C25H21N. The van der Waals surface area contributed by atoms with Crippen molar-refractivity contribution in [3.8, 4) is 0 Å². The Labute approximate surface area is 155 Å². The van der Waals surface area contributed by atoms with E-state index in [4.69, 9.17) is 0 Å². The predicted molar refractivity (Wildman–Crippen MR) is 107 cm³/mol. The zero-order valence-electron chi connectivity index (χ0n) is 14.6. The molecule has 0 aliphatic heterocycles. The second-order valence-corrected chi connectivity index (χ2v) is 6.54. The second-order valence-electron chi connectivity index (χ2n) is 6.54. The molecule has 4 rings (SSSR count). The minimum absolute atomic E-state index is 0.195. The molecule has 0 amide bonds. The number of hydrogen-bond donors (Lipinski definition) is 0. The van der Waals surface area contributed by atoms with Crippen LogP contribution in [-0.2, 0) is 6.42 Å². The van der Waals surface area contributed by atoms with Crippen molar-refractivity contribution in [2.45, 2.75) is 12.3 Å². The Hall–Kier alpha value is -3.19. The van der Waals surface area contributed by atoms with Crippen LogP contribution in [0.25, 0.3) is 0 Å². The maximum Gasteiger partial charge on any atom is 0.0355 e. The predicted octanol–water partition coefficient (Wildman–Crippen LogP) is 5.85. The van der Waals surface area contributed by atoms with Gasteiger partial charge in [-0.3, -0.25) is 4.98 Å². The topological polar surface area (TPSA) is 12.9 Å². The summed E-state index contributed by atoms with van der Waals surface area (Å²) in [6.07, 6.45) is 4.88. The molecule has 0 bridgehead atoms. The first-order chi connectivity index (χ1) is 12.9. The number of nitrogens with zero attached hydrogens (tertiary/aromatic N) is 1. The van der Waals surface area contributed by atoms with Gasteiger partial charge in [-0.1, -0.05) is 97.1 Å². The highest BCUT2D eigenvalue weighted by Gasteiger charge is 2.17. The van der Waals surface area contributed by atoms with Crippen molar-refractivity contribution in [2.24, 2.45) is 0 Å². The molecule has 26 heavy (non-hydrogen) atoms. The van der Waals surface area contributed by atoms with Gasteiger partial charge in [-0.15, -0.1) is 0 Å². The quantitative estimate of drug-likeness (QED) is 0.445. The second kappa shape index (κ2) is 7.79. The van der Waals surface area contributed by atoms with Crippen LogP contribution in [0.1, 0.15) is 33.7 Å². The summed E-state index contributed by atoms with van der Waals surface area (Å²) < 4.78 is 0. The molecule has 0 aliphatic carbocycles. The van der Waals surface area contributed by atoms with Crippen LogP contribution in [0.15, 0.2) is 109 Å². The zero-order chi connectivity index (χ0) is 17.6. The SMILES string of the molecule is c1ccc(Cc2cncc(C(c3ccccc3)c3ccccc3)c2)cc1. The normalized spacial score (nSPS) is 10.8. The van der Waals surface area contributed by atoms with Crippen molar-refractivity contribution in [1.82, 2.24) is 4.98 Å². The van der Waals surface area contributed by atoms with Gasteiger partial charge in [0.15, 0.2) is 0 Å². The van der Waals surface area contributed by atoms with Gasteiger partial charge in [-0.2, -0.15) is 0 Å². The van der Waals surface area contributed by atoms with Gasteiger partial charge in [0, 0.05) is 18.3 Å². The Morgan fingerprint density at radius 3 is 1.65 bits per heavy atom. The molecular weight excluding hydrogens is 314 g/mol. The summed E-state index contributed by atoms with van der Waals surface area (Å²) in [5.41, 5.74) is 6.36. The van der Waals surface area contributed by atoms with Crippen LogP contribution < -0.4 is 0 Å². The number of rotatable bonds is 5. The molecule has 1 nitrogen and oxygen atoms in total. The number of benzene rings is 3. The average molecular weight is 335 g/mol. The molecule has 0 N–H and O–H groups in total. The molecule has 0 fully saturated rings. The Kier molecular flexibility index (Phi) is 4.88. The van der Waals surface area contributed by atoms with Crippen LogP contribution in [0.5, 0.6) is 0 Å². The Morgan fingerprint density at radius 2 is 1.08 bits per heavy atom. The lowest BCUT2D eigenvalue weighted by atomic mass is 9.85. The molecule has 0 spiro atoms. The summed E-state index contributed by atoms with van der Waals surface area (Å²) in [7, 11) is 0. The molecule has 4 aromatic rings. The third-order valence-electron chi connectivity index (χ3n) is 4.67. The van der Waals surface area contributed by atoms with Gasteiger partial charge in [0.05, 0.1) is 0 Å². The van der Waals surface area contributed by atoms with Crippen LogP contribution in [0.3, 0.4) is 0 Å². The molecule has 0 saturated carbocycles. The van der Waals surface area contributed by atoms with Crippen molar-refractivity contribution in [1.29, 1.82) is 0 Å². The fourth-order valence-corrected chi connectivity index (χ4v) is 3.46. The van der Waals surface area contributed by atoms with Crippen LogP contribution in [-0.4, -0.2) is 4.98 Å². The van der Waals surface area contributed by atoms with Crippen LogP contribution in [0, 0.1) is 0 Å². The van der Waals surface area contributed by atoms with Crippen molar-refractivity contribution < 1.29 is 0 Å². The van der Waals surface area contributed by atoms with Crippen LogP contribution in [0.4, 0.5) is 0 Å². The molecule has 3 aromatic carbocycles. The third kappa shape index (κ3) is 3.73. The summed E-state index contributed by atoms with van der Waals surface area (Å²) in [5, 5.41) is 0. The molecule has 1 heterocycles. The summed E-state index contributed by atoms with van der Waals surface area (Å²) in [5.74, 6) is 0.195.